The summed E-state index contributed by atoms with van der Waals surface area (Å²) >= 11 is 0. The van der Waals surface area contributed by atoms with Crippen LogP contribution < -0.4 is 0 Å². The van der Waals surface area contributed by atoms with Gasteiger partial charge in [-0.1, -0.05) is 225 Å². The third-order valence-electron chi connectivity index (χ3n) is 11.6. The summed E-state index contributed by atoms with van der Waals surface area (Å²) in [5.41, 5.74) is 0. The zero-order valence-electron chi connectivity index (χ0n) is 45.7. The van der Waals surface area contributed by atoms with E-state index in [1.807, 2.05) is 12.2 Å². The number of ether oxygens (including phenoxy) is 3. The molecule has 0 saturated carbocycles. The lowest BCUT2D eigenvalue weighted by Gasteiger charge is -2.18. The smallest absolute Gasteiger partial charge is 0.306 e. The number of rotatable bonds is 50. The van der Waals surface area contributed by atoms with Gasteiger partial charge < -0.3 is 14.2 Å². The molecule has 0 bridgehead atoms. The Morgan fingerprint density at radius 2 is 0.577 bits per heavy atom. The highest BCUT2D eigenvalue weighted by Gasteiger charge is 2.19. The maximum atomic E-state index is 12.9. The van der Waals surface area contributed by atoms with Crippen LogP contribution in [0.4, 0.5) is 0 Å². The molecule has 0 N–H and O–H groups in total. The molecule has 0 aliphatic heterocycles. The van der Waals surface area contributed by atoms with Crippen LogP contribution in [0, 0.1) is 0 Å². The van der Waals surface area contributed by atoms with Crippen LogP contribution >= 0.6 is 0 Å². The summed E-state index contributed by atoms with van der Waals surface area (Å²) in [5.74, 6) is -1.05. The molecular formula is C65H104O6. The normalized spacial score (nSPS) is 13.1. The lowest BCUT2D eigenvalue weighted by Crippen LogP contribution is -2.30. The molecule has 0 aliphatic carbocycles. The lowest BCUT2D eigenvalue weighted by molar-refractivity contribution is -0.166. The van der Waals surface area contributed by atoms with Gasteiger partial charge in [0.1, 0.15) is 13.2 Å². The van der Waals surface area contributed by atoms with Gasteiger partial charge in [-0.15, -0.1) is 0 Å². The van der Waals surface area contributed by atoms with Crippen LogP contribution in [0.15, 0.2) is 134 Å². The molecule has 0 fully saturated rings. The molecule has 1 atom stereocenters. The minimum absolute atomic E-state index is 0.123. The van der Waals surface area contributed by atoms with Gasteiger partial charge in [-0.3, -0.25) is 14.4 Å². The van der Waals surface area contributed by atoms with Crippen LogP contribution in [0.25, 0.3) is 0 Å². The van der Waals surface area contributed by atoms with Gasteiger partial charge in [0.2, 0.25) is 0 Å². The van der Waals surface area contributed by atoms with E-state index in [9.17, 15) is 14.4 Å². The molecule has 0 rings (SSSR count). The number of carbonyl (C=O) groups is 3. The van der Waals surface area contributed by atoms with Gasteiger partial charge in [-0.05, 0) is 128 Å². The number of esters is 3. The fraction of sp³-hybridized carbons (Fsp3) is 0.615. The van der Waals surface area contributed by atoms with Gasteiger partial charge >= 0.3 is 17.9 Å². The van der Waals surface area contributed by atoms with E-state index >= 15 is 0 Å². The number of hydrogen-bond acceptors (Lipinski definition) is 6. The molecule has 400 valence electrons. The van der Waals surface area contributed by atoms with E-state index in [1.54, 1.807) is 0 Å². The van der Waals surface area contributed by atoms with Gasteiger partial charge in [0.15, 0.2) is 6.10 Å². The molecule has 0 heterocycles. The molecule has 6 nitrogen and oxygen atoms in total. The maximum absolute atomic E-state index is 12.9. The predicted octanol–water partition coefficient (Wildman–Crippen LogP) is 19.4. The third kappa shape index (κ3) is 56.3. The van der Waals surface area contributed by atoms with Crippen molar-refractivity contribution in [1.29, 1.82) is 0 Å². The predicted molar refractivity (Wildman–Crippen MR) is 306 cm³/mol. The second kappa shape index (κ2) is 58.1. The van der Waals surface area contributed by atoms with Crippen molar-refractivity contribution >= 4 is 17.9 Å². The zero-order valence-corrected chi connectivity index (χ0v) is 45.7. The summed E-state index contributed by atoms with van der Waals surface area (Å²) in [7, 11) is 0. The van der Waals surface area contributed by atoms with Crippen molar-refractivity contribution in [2.75, 3.05) is 13.2 Å². The van der Waals surface area contributed by atoms with Crippen molar-refractivity contribution in [3.05, 3.63) is 134 Å². The van der Waals surface area contributed by atoms with Gasteiger partial charge in [0.05, 0.1) is 0 Å². The quantitative estimate of drug-likeness (QED) is 0.0262. The molecule has 0 aromatic heterocycles. The summed E-state index contributed by atoms with van der Waals surface area (Å²) < 4.78 is 16.8. The Morgan fingerprint density at radius 1 is 0.296 bits per heavy atom. The summed E-state index contributed by atoms with van der Waals surface area (Å²) in [4.78, 5) is 38.1. The highest BCUT2D eigenvalue weighted by atomic mass is 16.6. The molecule has 0 spiro atoms. The first-order valence-electron chi connectivity index (χ1n) is 28.7. The highest BCUT2D eigenvalue weighted by molar-refractivity contribution is 5.71. The Hall–Kier alpha value is -4.45. The molecule has 0 aromatic carbocycles. The lowest BCUT2D eigenvalue weighted by atomic mass is 10.1. The van der Waals surface area contributed by atoms with Gasteiger partial charge in [0.25, 0.3) is 0 Å². The van der Waals surface area contributed by atoms with Crippen LogP contribution in [0.3, 0.4) is 0 Å². The number of carbonyl (C=O) groups excluding carboxylic acids is 3. The molecule has 0 aliphatic rings. The average Bonchev–Trinajstić information content (AvgIpc) is 3.37. The van der Waals surface area contributed by atoms with Crippen molar-refractivity contribution in [1.82, 2.24) is 0 Å². The summed E-state index contributed by atoms with van der Waals surface area (Å²) in [6.45, 7) is 6.38. The molecule has 0 saturated heterocycles. The summed E-state index contributed by atoms with van der Waals surface area (Å²) in [6.07, 6.45) is 81.6. The summed E-state index contributed by atoms with van der Waals surface area (Å²) in [6, 6.07) is 0. The molecule has 71 heavy (non-hydrogen) atoms. The van der Waals surface area contributed by atoms with Gasteiger partial charge in [-0.2, -0.15) is 0 Å². The van der Waals surface area contributed by atoms with E-state index in [0.717, 1.165) is 109 Å². The van der Waals surface area contributed by atoms with E-state index in [2.05, 4.69) is 142 Å². The summed E-state index contributed by atoms with van der Waals surface area (Å²) in [5, 5.41) is 0. The Labute approximate surface area is 436 Å². The molecule has 0 radical (unpaired) electrons. The van der Waals surface area contributed by atoms with E-state index in [1.165, 1.54) is 77.0 Å². The van der Waals surface area contributed by atoms with Crippen LogP contribution in [-0.2, 0) is 28.6 Å². The van der Waals surface area contributed by atoms with E-state index in [0.29, 0.717) is 19.3 Å². The third-order valence-corrected chi connectivity index (χ3v) is 11.6. The SMILES string of the molecule is CC/C=C\C/C=C\C/C=C\C/C=C\C/C=C\C/C=C\CCC(=O)OC[C@H](COC(=O)CCCCCCC/C=C\CCCCCCCC)OC(=O)CCCCC/C=C\C/C=C\C/C=C\C/C=C\CCCCC. The van der Waals surface area contributed by atoms with E-state index in [4.69, 9.17) is 14.2 Å². The van der Waals surface area contributed by atoms with Crippen molar-refractivity contribution in [3.8, 4) is 0 Å². The standard InChI is InChI=1S/C65H104O6/c1-4-7-10-13-16-19-22-25-28-30-32-34-37-40-43-46-49-52-55-58-64(67)70-61-62(60-69-63(66)57-54-51-48-45-42-39-36-27-24-21-18-15-12-9-6-3)71-65(68)59-56-53-50-47-44-41-38-35-33-31-29-26-23-20-17-14-11-8-5-2/h7,10,16-17,19-20,25-29,32-36,40-41,43-44,49,52,62H,4-6,8-9,11-15,18,21-24,30-31,37-39,42,45-48,50-51,53-61H2,1-3H3/b10-7-,19-16-,20-17-,28-25-,29-26-,34-32-,35-33-,36-27-,43-40-,44-41-,52-49-/t62-/m0/s1. The average molecular weight is 982 g/mol. The van der Waals surface area contributed by atoms with Gasteiger partial charge in [-0.25, -0.2) is 0 Å². The van der Waals surface area contributed by atoms with Crippen LogP contribution in [0.2, 0.25) is 0 Å². The van der Waals surface area contributed by atoms with Crippen LogP contribution in [-0.4, -0.2) is 37.2 Å². The second-order valence-corrected chi connectivity index (χ2v) is 18.5. The monoisotopic (exact) mass is 981 g/mol. The first-order valence-corrected chi connectivity index (χ1v) is 28.7. The molecule has 0 aromatic rings. The minimum atomic E-state index is -0.834. The minimum Gasteiger partial charge on any atom is -0.462 e. The fourth-order valence-electron chi connectivity index (χ4n) is 7.33. The zero-order chi connectivity index (χ0) is 51.4. The Morgan fingerprint density at radius 3 is 1.00 bits per heavy atom. The topological polar surface area (TPSA) is 78.9 Å². The number of hydrogen-bond donors (Lipinski definition) is 0. The Bertz CT molecular complexity index is 1550. The largest absolute Gasteiger partial charge is 0.462 e. The maximum Gasteiger partial charge on any atom is 0.306 e. The van der Waals surface area contributed by atoms with Crippen LogP contribution in [0.5, 0.6) is 0 Å². The second-order valence-electron chi connectivity index (χ2n) is 18.5. The van der Waals surface area contributed by atoms with Crippen molar-refractivity contribution in [2.24, 2.45) is 0 Å². The highest BCUT2D eigenvalue weighted by Crippen LogP contribution is 2.12. The Balaban J connectivity index is 4.60. The van der Waals surface area contributed by atoms with Crippen molar-refractivity contribution in [3.63, 3.8) is 0 Å². The molecule has 0 unspecified atom stereocenters. The molecular weight excluding hydrogens is 877 g/mol. The molecule has 0 amide bonds. The van der Waals surface area contributed by atoms with Crippen molar-refractivity contribution < 1.29 is 28.6 Å². The number of allylic oxidation sites excluding steroid dienone is 22. The van der Waals surface area contributed by atoms with E-state index < -0.39 is 6.10 Å². The van der Waals surface area contributed by atoms with Crippen LogP contribution in [0.1, 0.15) is 239 Å². The van der Waals surface area contributed by atoms with E-state index in [-0.39, 0.29) is 44.0 Å². The fourth-order valence-corrected chi connectivity index (χ4v) is 7.33. The Kier molecular flexibility index (Phi) is 54.5. The first-order chi connectivity index (χ1) is 35.0. The van der Waals surface area contributed by atoms with Gasteiger partial charge in [0, 0.05) is 19.3 Å². The first kappa shape index (κ1) is 66.6. The van der Waals surface area contributed by atoms with Crippen molar-refractivity contribution in [2.45, 2.75) is 245 Å². The number of unbranched alkanes of at least 4 members (excludes halogenated alkanes) is 17. The molecule has 6 heteroatoms.